The van der Waals surface area contributed by atoms with Crippen LogP contribution < -0.4 is 4.74 Å². The molecule has 0 saturated carbocycles. The first-order valence-corrected chi connectivity index (χ1v) is 10.1. The first-order chi connectivity index (χ1) is 14.1. The third-order valence-electron chi connectivity index (χ3n) is 5.32. The zero-order chi connectivity index (χ0) is 20.2. The number of carbonyl (C=O) groups excluding carboxylic acids is 1. The van der Waals surface area contributed by atoms with Crippen molar-refractivity contribution in [2.75, 3.05) is 6.61 Å². The van der Waals surface area contributed by atoms with Gasteiger partial charge in [0.05, 0.1) is 13.0 Å². The number of hydrogen-bond acceptors (Lipinski definition) is 5. The quantitative estimate of drug-likeness (QED) is 0.517. The second-order valence-electron chi connectivity index (χ2n) is 7.28. The number of esters is 1. The van der Waals surface area contributed by atoms with E-state index in [9.17, 15) is 4.79 Å². The van der Waals surface area contributed by atoms with Crippen LogP contribution in [0.5, 0.6) is 5.75 Å². The van der Waals surface area contributed by atoms with Crippen LogP contribution in [0.3, 0.4) is 0 Å². The molecule has 0 saturated heterocycles. The summed E-state index contributed by atoms with van der Waals surface area (Å²) in [4.78, 5) is 16.4. The van der Waals surface area contributed by atoms with E-state index in [2.05, 4.69) is 17.1 Å². The Labute approximate surface area is 170 Å². The average molecular weight is 391 g/mol. The molecule has 1 aliphatic rings. The normalized spacial score (nSPS) is 15.2. The van der Waals surface area contributed by atoms with Crippen molar-refractivity contribution in [3.8, 4) is 17.2 Å². The van der Waals surface area contributed by atoms with Gasteiger partial charge in [0, 0.05) is 5.56 Å². The van der Waals surface area contributed by atoms with E-state index < -0.39 is 0 Å². The molecule has 5 heteroatoms. The van der Waals surface area contributed by atoms with Crippen LogP contribution in [0.2, 0.25) is 0 Å². The smallest absolute Gasteiger partial charge is 0.306 e. The molecule has 1 atom stereocenters. The highest BCUT2D eigenvalue weighted by atomic mass is 16.5. The number of carbonyl (C=O) groups is 1. The summed E-state index contributed by atoms with van der Waals surface area (Å²) in [6.45, 7) is 4.52. The van der Waals surface area contributed by atoms with Crippen LogP contribution >= 0.6 is 0 Å². The predicted molar refractivity (Wildman–Crippen MR) is 110 cm³/mol. The van der Waals surface area contributed by atoms with E-state index in [4.69, 9.17) is 13.9 Å². The number of hydrogen-bond donors (Lipinski definition) is 0. The molecule has 2 aromatic carbocycles. The van der Waals surface area contributed by atoms with Gasteiger partial charge in [-0.05, 0) is 68.0 Å². The molecule has 0 N–H and O–H groups in total. The second kappa shape index (κ2) is 8.52. The zero-order valence-electron chi connectivity index (χ0n) is 16.8. The van der Waals surface area contributed by atoms with Crippen molar-refractivity contribution in [1.82, 2.24) is 4.98 Å². The van der Waals surface area contributed by atoms with Gasteiger partial charge in [0.2, 0.25) is 5.89 Å². The van der Waals surface area contributed by atoms with Gasteiger partial charge in [-0.15, -0.1) is 0 Å². The number of nitrogens with zero attached hydrogens (tertiary/aromatic N) is 1. The number of aryl methyl sites for hydroxylation is 2. The van der Waals surface area contributed by atoms with Crippen molar-refractivity contribution in [3.05, 3.63) is 71.1 Å². The molecule has 0 bridgehead atoms. The highest BCUT2D eigenvalue weighted by Crippen LogP contribution is 2.37. The van der Waals surface area contributed by atoms with E-state index in [0.717, 1.165) is 35.6 Å². The summed E-state index contributed by atoms with van der Waals surface area (Å²) in [5.41, 5.74) is 4.23. The largest absolute Gasteiger partial charge is 0.487 e. The first-order valence-electron chi connectivity index (χ1n) is 10.1. The lowest BCUT2D eigenvalue weighted by Crippen LogP contribution is -2.08. The highest BCUT2D eigenvalue weighted by Gasteiger charge is 2.25. The molecule has 4 rings (SSSR count). The Bertz CT molecular complexity index is 993. The van der Waals surface area contributed by atoms with Crippen molar-refractivity contribution in [3.63, 3.8) is 0 Å². The third-order valence-corrected chi connectivity index (χ3v) is 5.32. The molecular formula is C24H25NO4. The first kappa shape index (κ1) is 19.2. The van der Waals surface area contributed by atoms with Crippen LogP contribution in [0.25, 0.3) is 11.5 Å². The monoisotopic (exact) mass is 391 g/mol. The Morgan fingerprint density at radius 1 is 1.21 bits per heavy atom. The van der Waals surface area contributed by atoms with Crippen LogP contribution in [0.15, 0.2) is 52.9 Å². The van der Waals surface area contributed by atoms with Crippen molar-refractivity contribution in [1.29, 1.82) is 0 Å². The Kier molecular flexibility index (Phi) is 5.65. The molecule has 1 heterocycles. The maximum absolute atomic E-state index is 11.8. The SMILES string of the molecule is CCOC(=O)CC1CCc2cc(OCc3nc(-c4ccccc4)oc3C)ccc21. The average Bonchev–Trinajstić information content (AvgIpc) is 3.30. The molecule has 0 fully saturated rings. The maximum atomic E-state index is 11.8. The van der Waals surface area contributed by atoms with Gasteiger partial charge in [0.25, 0.3) is 0 Å². The molecular weight excluding hydrogens is 366 g/mol. The fourth-order valence-electron chi connectivity index (χ4n) is 3.82. The lowest BCUT2D eigenvalue weighted by molar-refractivity contribution is -0.143. The van der Waals surface area contributed by atoms with Crippen LogP contribution in [-0.4, -0.2) is 17.6 Å². The molecule has 0 aliphatic heterocycles. The molecule has 1 aromatic heterocycles. The Morgan fingerprint density at radius 2 is 2.03 bits per heavy atom. The number of fused-ring (bicyclic) bond motifs is 1. The molecule has 29 heavy (non-hydrogen) atoms. The molecule has 0 radical (unpaired) electrons. The van der Waals surface area contributed by atoms with Crippen LogP contribution in [-0.2, 0) is 22.6 Å². The van der Waals surface area contributed by atoms with Crippen molar-refractivity contribution in [2.24, 2.45) is 0 Å². The van der Waals surface area contributed by atoms with E-state index in [1.807, 2.05) is 50.2 Å². The summed E-state index contributed by atoms with van der Waals surface area (Å²) in [6.07, 6.45) is 2.37. The number of rotatable bonds is 7. The van der Waals surface area contributed by atoms with E-state index in [1.54, 1.807) is 0 Å². The Morgan fingerprint density at radius 3 is 2.83 bits per heavy atom. The van der Waals surface area contributed by atoms with Gasteiger partial charge < -0.3 is 13.9 Å². The number of benzene rings is 2. The van der Waals surface area contributed by atoms with E-state index in [1.165, 1.54) is 11.1 Å². The third kappa shape index (κ3) is 4.34. The zero-order valence-corrected chi connectivity index (χ0v) is 16.8. The van der Waals surface area contributed by atoms with Crippen molar-refractivity contribution < 1.29 is 18.7 Å². The van der Waals surface area contributed by atoms with E-state index in [-0.39, 0.29) is 11.9 Å². The molecule has 5 nitrogen and oxygen atoms in total. The van der Waals surface area contributed by atoms with Crippen molar-refractivity contribution in [2.45, 2.75) is 45.6 Å². The number of aromatic nitrogens is 1. The summed E-state index contributed by atoms with van der Waals surface area (Å²) in [5.74, 6) is 2.30. The summed E-state index contributed by atoms with van der Waals surface area (Å²) in [7, 11) is 0. The summed E-state index contributed by atoms with van der Waals surface area (Å²) in [5, 5.41) is 0. The fourth-order valence-corrected chi connectivity index (χ4v) is 3.82. The molecule has 0 spiro atoms. The highest BCUT2D eigenvalue weighted by molar-refractivity contribution is 5.71. The number of oxazole rings is 1. The molecule has 1 aliphatic carbocycles. The van der Waals surface area contributed by atoms with Gasteiger partial charge in [-0.3, -0.25) is 4.79 Å². The van der Waals surface area contributed by atoms with Gasteiger partial charge in [-0.1, -0.05) is 24.3 Å². The van der Waals surface area contributed by atoms with Gasteiger partial charge in [-0.2, -0.15) is 0 Å². The van der Waals surface area contributed by atoms with E-state index >= 15 is 0 Å². The van der Waals surface area contributed by atoms with Crippen LogP contribution in [0.4, 0.5) is 0 Å². The molecule has 0 amide bonds. The molecule has 150 valence electrons. The van der Waals surface area contributed by atoms with E-state index in [0.29, 0.717) is 25.5 Å². The standard InChI is InChI=1S/C24H25NO4/c1-3-27-23(26)14-19-10-9-18-13-20(11-12-21(18)19)28-15-22-16(2)29-24(25-22)17-7-5-4-6-8-17/h4-8,11-13,19H,3,9-10,14-15H2,1-2H3. The van der Waals surface area contributed by atoms with Crippen LogP contribution in [0.1, 0.15) is 48.3 Å². The summed E-state index contributed by atoms with van der Waals surface area (Å²) < 4.78 is 16.9. The van der Waals surface area contributed by atoms with Gasteiger partial charge in [0.15, 0.2) is 0 Å². The minimum Gasteiger partial charge on any atom is -0.487 e. The number of ether oxygens (including phenoxy) is 2. The lowest BCUT2D eigenvalue weighted by atomic mass is 9.98. The van der Waals surface area contributed by atoms with Gasteiger partial charge in [-0.25, -0.2) is 4.98 Å². The van der Waals surface area contributed by atoms with Crippen LogP contribution in [0, 0.1) is 6.92 Å². The Balaban J connectivity index is 1.42. The predicted octanol–water partition coefficient (Wildman–Crippen LogP) is 5.21. The fraction of sp³-hybridized carbons (Fsp3) is 0.333. The second-order valence-corrected chi connectivity index (χ2v) is 7.28. The minimum atomic E-state index is -0.124. The lowest BCUT2D eigenvalue weighted by Gasteiger charge is -2.12. The van der Waals surface area contributed by atoms with Gasteiger partial charge >= 0.3 is 5.97 Å². The Hall–Kier alpha value is -3.08. The summed E-state index contributed by atoms with van der Waals surface area (Å²) >= 11 is 0. The maximum Gasteiger partial charge on any atom is 0.306 e. The molecule has 1 unspecified atom stereocenters. The topological polar surface area (TPSA) is 61.6 Å². The van der Waals surface area contributed by atoms with Crippen molar-refractivity contribution >= 4 is 5.97 Å². The summed E-state index contributed by atoms with van der Waals surface area (Å²) in [6, 6.07) is 16.0. The molecule has 3 aromatic rings. The van der Waals surface area contributed by atoms with Gasteiger partial charge in [0.1, 0.15) is 23.8 Å². The minimum absolute atomic E-state index is 0.124.